The van der Waals surface area contributed by atoms with Crippen molar-refractivity contribution in [1.82, 2.24) is 14.4 Å². The number of hydrogen-bond acceptors (Lipinski definition) is 2. The van der Waals surface area contributed by atoms with E-state index < -0.39 is 0 Å². The third-order valence-corrected chi connectivity index (χ3v) is 4.18. The molecule has 3 heterocycles. The van der Waals surface area contributed by atoms with E-state index in [-0.39, 0.29) is 0 Å². The monoisotopic (exact) mass is 299 g/mol. The molecule has 3 aromatic rings. The molecule has 0 aliphatic rings. The Bertz CT molecular complexity index is 818. The Kier molecular flexibility index (Phi) is 3.46. The molecule has 0 fully saturated rings. The quantitative estimate of drug-likeness (QED) is 0.637. The van der Waals surface area contributed by atoms with Gasteiger partial charge in [-0.15, -0.1) is 0 Å². The molecular weight excluding hydrogens is 282 g/mol. The van der Waals surface area contributed by atoms with Crippen LogP contribution in [0.15, 0.2) is 30.7 Å². The molecule has 0 aromatic carbocycles. The van der Waals surface area contributed by atoms with Crippen LogP contribution in [0.3, 0.4) is 0 Å². The minimum atomic E-state index is 0.317. The molecule has 0 spiro atoms. The van der Waals surface area contributed by atoms with Crippen LogP contribution in [0.4, 0.5) is 0 Å². The van der Waals surface area contributed by atoms with Gasteiger partial charge in [0.15, 0.2) is 0 Å². The van der Waals surface area contributed by atoms with Crippen LogP contribution in [0.25, 0.3) is 16.8 Å². The summed E-state index contributed by atoms with van der Waals surface area (Å²) in [5.74, 6) is 0.317. The van der Waals surface area contributed by atoms with Gasteiger partial charge in [0.05, 0.1) is 5.69 Å². The van der Waals surface area contributed by atoms with E-state index in [0.29, 0.717) is 11.1 Å². The molecule has 0 unspecified atom stereocenters. The van der Waals surface area contributed by atoms with E-state index in [9.17, 15) is 0 Å². The first-order valence-electron chi connectivity index (χ1n) is 7.08. The summed E-state index contributed by atoms with van der Waals surface area (Å²) >= 11 is 6.07. The molecule has 3 rings (SSSR count). The van der Waals surface area contributed by atoms with E-state index in [4.69, 9.17) is 11.6 Å². The average molecular weight is 300 g/mol. The Hall–Kier alpha value is -1.87. The molecule has 3 nitrogen and oxygen atoms in total. The molecule has 4 heteroatoms. The van der Waals surface area contributed by atoms with Crippen LogP contribution in [-0.4, -0.2) is 14.4 Å². The number of fused-ring (bicyclic) bond motifs is 1. The van der Waals surface area contributed by atoms with E-state index in [0.717, 1.165) is 16.9 Å². The van der Waals surface area contributed by atoms with Crippen molar-refractivity contribution in [3.8, 4) is 11.1 Å². The molecule has 108 valence electrons. The van der Waals surface area contributed by atoms with Gasteiger partial charge in [0, 0.05) is 29.7 Å². The van der Waals surface area contributed by atoms with Gasteiger partial charge in [0.1, 0.15) is 10.8 Å². The van der Waals surface area contributed by atoms with Crippen molar-refractivity contribution in [1.29, 1.82) is 0 Å². The Morgan fingerprint density at radius 1 is 1.10 bits per heavy atom. The van der Waals surface area contributed by atoms with Crippen LogP contribution in [0.1, 0.15) is 36.6 Å². The predicted molar refractivity (Wildman–Crippen MR) is 87.0 cm³/mol. The number of halogens is 1. The fraction of sp³-hybridized carbons (Fsp3) is 0.294. The number of aryl methyl sites for hydroxylation is 1. The highest BCUT2D eigenvalue weighted by Crippen LogP contribution is 2.33. The molecule has 0 aliphatic carbocycles. The summed E-state index contributed by atoms with van der Waals surface area (Å²) in [5, 5.41) is 0.542. The van der Waals surface area contributed by atoms with E-state index >= 15 is 0 Å². The van der Waals surface area contributed by atoms with Crippen molar-refractivity contribution in [2.24, 2.45) is 0 Å². The number of nitrogens with zero attached hydrogens (tertiary/aromatic N) is 3. The standard InChI is InChI=1S/C17H18ClN3/c1-10(2)16-13(5-6-15(18)20-16)14-9-21-8-7-19-17(21)12(4)11(14)3/h5-10H,1-4H3. The van der Waals surface area contributed by atoms with E-state index in [1.54, 1.807) is 0 Å². The van der Waals surface area contributed by atoms with Gasteiger partial charge in [-0.3, -0.25) is 0 Å². The Morgan fingerprint density at radius 3 is 2.57 bits per heavy atom. The Labute approximate surface area is 129 Å². The molecule has 0 N–H and O–H groups in total. The zero-order valence-corrected chi connectivity index (χ0v) is 13.4. The lowest BCUT2D eigenvalue weighted by atomic mass is 9.94. The van der Waals surface area contributed by atoms with Crippen LogP contribution in [-0.2, 0) is 0 Å². The van der Waals surface area contributed by atoms with Gasteiger partial charge in [-0.25, -0.2) is 9.97 Å². The van der Waals surface area contributed by atoms with Crippen LogP contribution in [0.5, 0.6) is 0 Å². The van der Waals surface area contributed by atoms with Crippen LogP contribution in [0.2, 0.25) is 5.15 Å². The van der Waals surface area contributed by atoms with Crippen LogP contribution < -0.4 is 0 Å². The average Bonchev–Trinajstić information content (AvgIpc) is 2.91. The first-order valence-corrected chi connectivity index (χ1v) is 7.46. The molecule has 0 saturated heterocycles. The van der Waals surface area contributed by atoms with Crippen LogP contribution >= 0.6 is 11.6 Å². The maximum Gasteiger partial charge on any atom is 0.139 e. The van der Waals surface area contributed by atoms with Gasteiger partial charge in [0.2, 0.25) is 0 Å². The Balaban J connectivity index is 2.32. The maximum absolute atomic E-state index is 6.07. The molecule has 0 amide bonds. The van der Waals surface area contributed by atoms with Crippen molar-refractivity contribution in [2.75, 3.05) is 0 Å². The molecule has 0 atom stereocenters. The zero-order chi connectivity index (χ0) is 15.1. The van der Waals surface area contributed by atoms with Gasteiger partial charge in [-0.05, 0) is 43.0 Å². The molecule has 3 aromatic heterocycles. The predicted octanol–water partition coefficient (Wildman–Crippen LogP) is 4.79. The SMILES string of the molecule is Cc1c(-c2ccc(Cl)nc2C(C)C)cn2ccnc2c1C. The van der Waals surface area contributed by atoms with E-state index in [1.165, 1.54) is 16.7 Å². The summed E-state index contributed by atoms with van der Waals surface area (Å²) in [4.78, 5) is 8.94. The number of imidazole rings is 1. The second-order valence-corrected chi connectivity index (χ2v) is 6.06. The Morgan fingerprint density at radius 2 is 1.86 bits per heavy atom. The van der Waals surface area contributed by atoms with Crippen molar-refractivity contribution < 1.29 is 0 Å². The molecular formula is C17H18ClN3. The fourth-order valence-corrected chi connectivity index (χ4v) is 2.86. The van der Waals surface area contributed by atoms with Gasteiger partial charge in [-0.1, -0.05) is 25.4 Å². The number of aromatic nitrogens is 3. The van der Waals surface area contributed by atoms with Crippen LogP contribution in [0, 0.1) is 13.8 Å². The zero-order valence-electron chi connectivity index (χ0n) is 12.7. The van der Waals surface area contributed by atoms with Crippen molar-refractivity contribution in [2.45, 2.75) is 33.6 Å². The maximum atomic E-state index is 6.07. The highest BCUT2D eigenvalue weighted by Gasteiger charge is 2.16. The summed E-state index contributed by atoms with van der Waals surface area (Å²) in [5.41, 5.74) is 6.80. The molecule has 0 bridgehead atoms. The minimum absolute atomic E-state index is 0.317. The van der Waals surface area contributed by atoms with Crippen molar-refractivity contribution in [3.63, 3.8) is 0 Å². The molecule has 0 aliphatic heterocycles. The first-order chi connectivity index (χ1) is 9.99. The van der Waals surface area contributed by atoms with Gasteiger partial charge in [-0.2, -0.15) is 0 Å². The molecule has 0 radical (unpaired) electrons. The van der Waals surface area contributed by atoms with Gasteiger partial charge in [0.25, 0.3) is 0 Å². The number of rotatable bonds is 2. The third kappa shape index (κ3) is 2.32. The van der Waals surface area contributed by atoms with Crippen molar-refractivity contribution in [3.05, 3.63) is 52.7 Å². The normalized spacial score (nSPS) is 11.5. The van der Waals surface area contributed by atoms with E-state index in [1.807, 2.05) is 18.5 Å². The third-order valence-electron chi connectivity index (χ3n) is 3.97. The molecule has 0 saturated carbocycles. The summed E-state index contributed by atoms with van der Waals surface area (Å²) in [6, 6.07) is 3.92. The highest BCUT2D eigenvalue weighted by molar-refractivity contribution is 6.29. The fourth-order valence-electron chi connectivity index (χ4n) is 2.70. The largest absolute Gasteiger partial charge is 0.306 e. The van der Waals surface area contributed by atoms with E-state index in [2.05, 4.69) is 54.3 Å². The second-order valence-electron chi connectivity index (χ2n) is 5.67. The second kappa shape index (κ2) is 5.15. The van der Waals surface area contributed by atoms with Crippen molar-refractivity contribution >= 4 is 17.2 Å². The lowest BCUT2D eigenvalue weighted by molar-refractivity contribution is 0.825. The first kappa shape index (κ1) is 14.1. The highest BCUT2D eigenvalue weighted by atomic mass is 35.5. The minimum Gasteiger partial charge on any atom is -0.306 e. The smallest absolute Gasteiger partial charge is 0.139 e. The molecule has 21 heavy (non-hydrogen) atoms. The summed E-state index contributed by atoms with van der Waals surface area (Å²) in [7, 11) is 0. The summed E-state index contributed by atoms with van der Waals surface area (Å²) < 4.78 is 2.07. The van der Waals surface area contributed by atoms with Gasteiger partial charge >= 0.3 is 0 Å². The summed E-state index contributed by atoms with van der Waals surface area (Å²) in [6.07, 6.45) is 5.93. The topological polar surface area (TPSA) is 30.2 Å². The lowest BCUT2D eigenvalue weighted by Gasteiger charge is -2.16. The number of hydrogen-bond donors (Lipinski definition) is 0. The summed E-state index contributed by atoms with van der Waals surface area (Å²) in [6.45, 7) is 8.53. The lowest BCUT2D eigenvalue weighted by Crippen LogP contribution is -2.01. The number of pyridine rings is 2. The van der Waals surface area contributed by atoms with Gasteiger partial charge < -0.3 is 4.40 Å².